The summed E-state index contributed by atoms with van der Waals surface area (Å²) in [5, 5.41) is 9.46. The Morgan fingerprint density at radius 1 is 1.44 bits per heavy atom. The third-order valence-corrected chi connectivity index (χ3v) is 3.36. The van der Waals surface area contributed by atoms with E-state index in [9.17, 15) is 5.11 Å². The van der Waals surface area contributed by atoms with E-state index < -0.39 is 0 Å². The zero-order valence-corrected chi connectivity index (χ0v) is 10.3. The van der Waals surface area contributed by atoms with Gasteiger partial charge in [-0.2, -0.15) is 0 Å². The van der Waals surface area contributed by atoms with Crippen LogP contribution in [0.2, 0.25) is 0 Å². The third-order valence-electron chi connectivity index (χ3n) is 3.36. The highest BCUT2D eigenvalue weighted by molar-refractivity contribution is 5.46. The molecule has 1 aromatic rings. The Labute approximate surface area is 97.3 Å². The molecule has 16 heavy (non-hydrogen) atoms. The zero-order chi connectivity index (χ0) is 11.8. The van der Waals surface area contributed by atoms with E-state index in [-0.39, 0.29) is 18.1 Å². The van der Waals surface area contributed by atoms with E-state index in [0.717, 1.165) is 24.2 Å². The smallest absolute Gasteiger partial charge is 0.126 e. The van der Waals surface area contributed by atoms with Gasteiger partial charge in [0.05, 0.1) is 12.7 Å². The number of benzene rings is 1. The van der Waals surface area contributed by atoms with Gasteiger partial charge in [0.2, 0.25) is 0 Å². The van der Waals surface area contributed by atoms with Crippen molar-refractivity contribution in [1.29, 1.82) is 0 Å². The van der Waals surface area contributed by atoms with Crippen LogP contribution in [0.4, 0.5) is 0 Å². The molecule has 0 saturated carbocycles. The van der Waals surface area contributed by atoms with Crippen molar-refractivity contribution >= 4 is 0 Å². The van der Waals surface area contributed by atoms with Gasteiger partial charge in [0.15, 0.2) is 0 Å². The summed E-state index contributed by atoms with van der Waals surface area (Å²) in [6.45, 7) is 6.34. The van der Waals surface area contributed by atoms with E-state index in [1.54, 1.807) is 0 Å². The van der Waals surface area contributed by atoms with Crippen molar-refractivity contribution in [2.45, 2.75) is 45.1 Å². The highest BCUT2D eigenvalue weighted by Crippen LogP contribution is 2.37. The van der Waals surface area contributed by atoms with Gasteiger partial charge in [-0.15, -0.1) is 0 Å². The van der Waals surface area contributed by atoms with Gasteiger partial charge < -0.3 is 9.84 Å². The number of aliphatic hydroxyl groups excluding tert-OH is 1. The predicted molar refractivity (Wildman–Crippen MR) is 65.0 cm³/mol. The van der Waals surface area contributed by atoms with Crippen LogP contribution in [0.1, 0.15) is 38.3 Å². The average molecular weight is 220 g/mol. The fourth-order valence-electron chi connectivity index (χ4n) is 2.16. The van der Waals surface area contributed by atoms with E-state index in [0.29, 0.717) is 0 Å². The second-order valence-corrected chi connectivity index (χ2v) is 5.30. The molecule has 1 aliphatic heterocycles. The number of fused-ring (bicyclic) bond motifs is 1. The van der Waals surface area contributed by atoms with Gasteiger partial charge in [0.25, 0.3) is 0 Å². The van der Waals surface area contributed by atoms with E-state index in [2.05, 4.69) is 25.1 Å². The molecule has 1 unspecified atom stereocenters. The van der Waals surface area contributed by atoms with Gasteiger partial charge in [-0.05, 0) is 25.3 Å². The van der Waals surface area contributed by atoms with Gasteiger partial charge in [-0.3, -0.25) is 0 Å². The molecule has 2 rings (SSSR count). The van der Waals surface area contributed by atoms with Crippen LogP contribution in [-0.4, -0.2) is 17.8 Å². The van der Waals surface area contributed by atoms with Gasteiger partial charge in [-0.1, -0.05) is 32.0 Å². The summed E-state index contributed by atoms with van der Waals surface area (Å²) in [6.07, 6.45) is 2.44. The van der Waals surface area contributed by atoms with Gasteiger partial charge >= 0.3 is 0 Å². The average Bonchev–Trinajstić information content (AvgIpc) is 2.28. The fraction of sp³-hybridized carbons (Fsp3) is 0.571. The Morgan fingerprint density at radius 2 is 2.19 bits per heavy atom. The highest BCUT2D eigenvalue weighted by atomic mass is 16.5. The first-order valence-electron chi connectivity index (χ1n) is 5.94. The molecular formula is C14H20O2. The largest absolute Gasteiger partial charge is 0.490 e. The second kappa shape index (κ2) is 4.10. The summed E-state index contributed by atoms with van der Waals surface area (Å²) in [5.74, 6) is 1.00. The Kier molecular flexibility index (Phi) is 2.94. The summed E-state index contributed by atoms with van der Waals surface area (Å²) in [5.41, 5.74) is 2.17. The summed E-state index contributed by atoms with van der Waals surface area (Å²) < 4.78 is 5.94. The number of rotatable bonds is 2. The van der Waals surface area contributed by atoms with Crippen LogP contribution in [0.5, 0.6) is 5.75 Å². The van der Waals surface area contributed by atoms with Crippen LogP contribution in [0, 0.1) is 0 Å². The van der Waals surface area contributed by atoms with Gasteiger partial charge in [0, 0.05) is 11.0 Å². The van der Waals surface area contributed by atoms with Crippen molar-refractivity contribution in [3.63, 3.8) is 0 Å². The molecule has 2 nitrogen and oxygen atoms in total. The molecule has 88 valence electrons. The van der Waals surface area contributed by atoms with Crippen molar-refractivity contribution in [1.82, 2.24) is 0 Å². The van der Waals surface area contributed by atoms with Crippen molar-refractivity contribution in [3.8, 4) is 5.75 Å². The molecule has 0 amide bonds. The lowest BCUT2D eigenvalue weighted by molar-refractivity contribution is 0.176. The lowest BCUT2D eigenvalue weighted by Crippen LogP contribution is -2.27. The van der Waals surface area contributed by atoms with Crippen molar-refractivity contribution in [2.24, 2.45) is 0 Å². The summed E-state index contributed by atoms with van der Waals surface area (Å²) in [6, 6.07) is 6.25. The molecule has 0 aliphatic carbocycles. The first-order chi connectivity index (χ1) is 7.54. The van der Waals surface area contributed by atoms with E-state index in [4.69, 9.17) is 4.74 Å². The topological polar surface area (TPSA) is 29.5 Å². The SMILES string of the molecule is CC1CCc2cccc(C(C)(C)CO)c2O1. The van der Waals surface area contributed by atoms with Gasteiger partial charge in [0.1, 0.15) is 5.75 Å². The molecule has 0 aromatic heterocycles. The molecule has 1 atom stereocenters. The summed E-state index contributed by atoms with van der Waals surface area (Å²) in [4.78, 5) is 0. The first-order valence-corrected chi connectivity index (χ1v) is 5.94. The maximum absolute atomic E-state index is 9.46. The number of para-hydroxylation sites is 1. The number of aryl methyl sites for hydroxylation is 1. The lowest BCUT2D eigenvalue weighted by atomic mass is 9.82. The van der Waals surface area contributed by atoms with Crippen LogP contribution in [0.25, 0.3) is 0 Å². The summed E-state index contributed by atoms with van der Waals surface area (Å²) >= 11 is 0. The number of aliphatic hydroxyl groups is 1. The maximum Gasteiger partial charge on any atom is 0.126 e. The van der Waals surface area contributed by atoms with Crippen LogP contribution < -0.4 is 4.74 Å². The van der Waals surface area contributed by atoms with Crippen LogP contribution >= 0.6 is 0 Å². The normalized spacial score (nSPS) is 20.1. The van der Waals surface area contributed by atoms with Crippen LogP contribution in [0.3, 0.4) is 0 Å². The predicted octanol–water partition coefficient (Wildman–Crippen LogP) is 2.67. The van der Waals surface area contributed by atoms with Crippen molar-refractivity contribution in [3.05, 3.63) is 29.3 Å². The fourth-order valence-corrected chi connectivity index (χ4v) is 2.16. The minimum absolute atomic E-state index is 0.140. The molecule has 0 radical (unpaired) electrons. The molecule has 2 heteroatoms. The molecule has 0 spiro atoms. The van der Waals surface area contributed by atoms with Gasteiger partial charge in [-0.25, -0.2) is 0 Å². The third kappa shape index (κ3) is 1.94. The second-order valence-electron chi connectivity index (χ2n) is 5.30. The van der Waals surface area contributed by atoms with E-state index >= 15 is 0 Å². The van der Waals surface area contributed by atoms with Crippen LogP contribution in [-0.2, 0) is 11.8 Å². The summed E-state index contributed by atoms with van der Waals surface area (Å²) in [7, 11) is 0. The molecule has 1 heterocycles. The van der Waals surface area contributed by atoms with E-state index in [1.807, 2.05) is 13.8 Å². The Bertz CT molecular complexity index is 382. The Morgan fingerprint density at radius 3 is 2.88 bits per heavy atom. The molecule has 1 aromatic carbocycles. The number of hydrogen-bond donors (Lipinski definition) is 1. The zero-order valence-electron chi connectivity index (χ0n) is 10.3. The monoisotopic (exact) mass is 220 g/mol. The first kappa shape index (κ1) is 11.5. The van der Waals surface area contributed by atoms with Crippen molar-refractivity contribution < 1.29 is 9.84 Å². The molecular weight excluding hydrogens is 200 g/mol. The Hall–Kier alpha value is -1.02. The number of ether oxygens (including phenoxy) is 1. The quantitative estimate of drug-likeness (QED) is 0.830. The minimum Gasteiger partial charge on any atom is -0.490 e. The molecule has 0 fully saturated rings. The molecule has 1 aliphatic rings. The molecule has 0 bridgehead atoms. The molecule has 0 saturated heterocycles. The maximum atomic E-state index is 9.46. The lowest BCUT2D eigenvalue weighted by Gasteiger charge is -2.31. The van der Waals surface area contributed by atoms with Crippen molar-refractivity contribution in [2.75, 3.05) is 6.61 Å². The standard InChI is InChI=1S/C14H20O2/c1-10-7-8-11-5-4-6-12(13(11)16-10)14(2,3)9-15/h4-6,10,15H,7-9H2,1-3H3. The Balaban J connectivity index is 2.47. The highest BCUT2D eigenvalue weighted by Gasteiger charge is 2.27. The molecule has 1 N–H and O–H groups in total. The number of hydrogen-bond acceptors (Lipinski definition) is 2. The minimum atomic E-state index is -0.234. The van der Waals surface area contributed by atoms with Crippen LogP contribution in [0.15, 0.2) is 18.2 Å². The van der Waals surface area contributed by atoms with E-state index in [1.165, 1.54) is 5.56 Å².